The number of carbonyl (C=O) groups excluding carboxylic acids is 2. The Morgan fingerprint density at radius 1 is 1.29 bits per heavy atom. The molecule has 0 aromatic heterocycles. The van der Waals surface area contributed by atoms with Crippen LogP contribution >= 0.6 is 0 Å². The Kier molecular flexibility index (Phi) is 4.46. The molecule has 11 heteroatoms. The number of nitrogens with zero attached hydrogens (tertiary/aromatic N) is 1. The number of rotatable bonds is 5. The van der Waals surface area contributed by atoms with Gasteiger partial charge in [-0.2, -0.15) is 17.6 Å². The van der Waals surface area contributed by atoms with Crippen LogP contribution in [0, 0.1) is 0 Å². The van der Waals surface area contributed by atoms with Crippen LogP contribution in [0.3, 0.4) is 0 Å². The number of carboxylic acids is 1. The summed E-state index contributed by atoms with van der Waals surface area (Å²) in [5.41, 5.74) is 10.1. The van der Waals surface area contributed by atoms with E-state index in [1.807, 2.05) is 0 Å². The van der Waals surface area contributed by atoms with Crippen molar-refractivity contribution in [1.82, 2.24) is 4.90 Å². The first-order chi connectivity index (χ1) is 9.41. The smallest absolute Gasteiger partial charge is 0.342 e. The fourth-order valence-corrected chi connectivity index (χ4v) is 1.93. The van der Waals surface area contributed by atoms with Crippen molar-refractivity contribution in [2.24, 2.45) is 11.5 Å². The lowest BCUT2D eigenvalue weighted by Gasteiger charge is -2.25. The number of carbonyl (C=O) groups is 3. The van der Waals surface area contributed by atoms with Crippen molar-refractivity contribution in [1.29, 1.82) is 0 Å². The maximum absolute atomic E-state index is 13.4. The molecule has 0 radical (unpaired) electrons. The fraction of sp³-hybridized carbons (Fsp3) is 0.700. The lowest BCUT2D eigenvalue weighted by atomic mass is 10.1. The van der Waals surface area contributed by atoms with Crippen LogP contribution < -0.4 is 11.5 Å². The zero-order valence-corrected chi connectivity index (χ0v) is 10.6. The van der Waals surface area contributed by atoms with Gasteiger partial charge in [-0.3, -0.25) is 9.59 Å². The Morgan fingerprint density at radius 3 is 2.24 bits per heavy atom. The lowest BCUT2D eigenvalue weighted by Crippen LogP contribution is -2.53. The largest absolute Gasteiger partial charge is 0.480 e. The highest BCUT2D eigenvalue weighted by molar-refractivity contribution is 5.89. The summed E-state index contributed by atoms with van der Waals surface area (Å²) in [7, 11) is 0. The number of carboxylic acid groups (broad SMARTS) is 1. The van der Waals surface area contributed by atoms with E-state index in [1.54, 1.807) is 0 Å². The molecule has 0 saturated carbocycles. The highest BCUT2D eigenvalue weighted by Gasteiger charge is 2.72. The summed E-state index contributed by atoms with van der Waals surface area (Å²) in [6.45, 7) is -1.76. The van der Waals surface area contributed by atoms with E-state index >= 15 is 0 Å². The fourth-order valence-electron chi connectivity index (χ4n) is 1.93. The molecule has 2 atom stereocenters. The van der Waals surface area contributed by atoms with Gasteiger partial charge in [-0.05, 0) is 6.42 Å². The minimum Gasteiger partial charge on any atom is -0.480 e. The summed E-state index contributed by atoms with van der Waals surface area (Å²) in [5, 5.41) is 8.68. The molecular weight excluding hydrogens is 302 g/mol. The Hall–Kier alpha value is -1.91. The van der Waals surface area contributed by atoms with Crippen molar-refractivity contribution in [3.63, 3.8) is 0 Å². The summed E-state index contributed by atoms with van der Waals surface area (Å²) in [6.07, 6.45) is -0.737. The second-order valence-corrected chi connectivity index (χ2v) is 4.65. The zero-order chi connectivity index (χ0) is 16.6. The number of halogens is 4. The molecule has 0 aromatic rings. The van der Waals surface area contributed by atoms with E-state index in [9.17, 15) is 31.9 Å². The summed E-state index contributed by atoms with van der Waals surface area (Å²) in [6, 6.07) is -4.59. The van der Waals surface area contributed by atoms with Gasteiger partial charge in [-0.1, -0.05) is 0 Å². The maximum atomic E-state index is 13.4. The van der Waals surface area contributed by atoms with Gasteiger partial charge in [0.25, 0.3) is 0 Å². The highest BCUT2D eigenvalue weighted by atomic mass is 19.3. The Balaban J connectivity index is 2.98. The van der Waals surface area contributed by atoms with E-state index < -0.39 is 48.3 Å². The molecule has 1 fully saturated rings. The molecule has 0 unspecified atom stereocenters. The standard InChI is InChI=1S/C10H13F4N3O4/c11-9(12)3-17(6(8(20)21)10(9,13)14)7(19)4(15)1-2-5(16)18/h4,6H,1-3,15H2,(H2,16,18)(H,20,21)/t4-,6-/m0/s1. The molecule has 5 N–H and O–H groups in total. The number of likely N-dealkylation sites (tertiary alicyclic amines) is 1. The zero-order valence-electron chi connectivity index (χ0n) is 10.6. The molecular formula is C10H13F4N3O4. The van der Waals surface area contributed by atoms with Gasteiger partial charge in [0.1, 0.15) is 0 Å². The Bertz CT molecular complexity index is 471. The van der Waals surface area contributed by atoms with Crippen LogP contribution in [0.5, 0.6) is 0 Å². The molecule has 2 amide bonds. The van der Waals surface area contributed by atoms with Crippen molar-refractivity contribution >= 4 is 17.8 Å². The minimum atomic E-state index is -4.92. The van der Waals surface area contributed by atoms with E-state index in [2.05, 4.69) is 0 Å². The predicted molar refractivity (Wildman–Crippen MR) is 59.4 cm³/mol. The van der Waals surface area contributed by atoms with E-state index in [0.29, 0.717) is 0 Å². The molecule has 1 heterocycles. The van der Waals surface area contributed by atoms with Crippen molar-refractivity contribution in [2.75, 3.05) is 6.54 Å². The molecule has 0 aromatic carbocycles. The topological polar surface area (TPSA) is 127 Å². The molecule has 0 aliphatic carbocycles. The molecule has 1 aliphatic rings. The highest BCUT2D eigenvalue weighted by Crippen LogP contribution is 2.45. The summed E-state index contributed by atoms with van der Waals surface area (Å²) in [4.78, 5) is 32.9. The molecule has 1 saturated heterocycles. The molecule has 1 rings (SSSR count). The van der Waals surface area contributed by atoms with E-state index in [1.165, 1.54) is 0 Å². The third-order valence-corrected chi connectivity index (χ3v) is 3.05. The first-order valence-corrected chi connectivity index (χ1v) is 5.74. The van der Waals surface area contributed by atoms with Crippen LogP contribution in [0.4, 0.5) is 17.6 Å². The third kappa shape index (κ3) is 3.06. The van der Waals surface area contributed by atoms with Crippen LogP contribution in [-0.4, -0.2) is 58.3 Å². The lowest BCUT2D eigenvalue weighted by molar-refractivity contribution is -0.195. The minimum absolute atomic E-state index is 0.173. The Labute approximate surface area is 115 Å². The summed E-state index contributed by atoms with van der Waals surface area (Å²) >= 11 is 0. The molecule has 21 heavy (non-hydrogen) atoms. The molecule has 7 nitrogen and oxygen atoms in total. The van der Waals surface area contributed by atoms with Crippen molar-refractivity contribution in [3.8, 4) is 0 Å². The number of hydrogen-bond donors (Lipinski definition) is 3. The van der Waals surface area contributed by atoms with Crippen LogP contribution in [0.1, 0.15) is 12.8 Å². The quantitative estimate of drug-likeness (QED) is 0.569. The van der Waals surface area contributed by atoms with Gasteiger partial charge in [0, 0.05) is 6.42 Å². The second-order valence-electron chi connectivity index (χ2n) is 4.65. The van der Waals surface area contributed by atoms with Crippen LogP contribution in [0.2, 0.25) is 0 Å². The van der Waals surface area contributed by atoms with E-state index in [4.69, 9.17) is 16.6 Å². The van der Waals surface area contributed by atoms with Crippen molar-refractivity contribution in [3.05, 3.63) is 0 Å². The first kappa shape index (κ1) is 17.1. The molecule has 0 bridgehead atoms. The molecule has 1 aliphatic heterocycles. The SMILES string of the molecule is NC(=O)CC[C@H](N)C(=O)N1CC(F)(F)C(F)(F)[C@@H]1C(=O)O. The van der Waals surface area contributed by atoms with Gasteiger partial charge in [0.15, 0.2) is 6.04 Å². The molecule has 0 spiro atoms. The Morgan fingerprint density at radius 2 is 1.81 bits per heavy atom. The summed E-state index contributed by atoms with van der Waals surface area (Å²) in [5.74, 6) is -14.1. The predicted octanol–water partition coefficient (Wildman–Crippen LogP) is -0.855. The third-order valence-electron chi connectivity index (χ3n) is 3.05. The summed E-state index contributed by atoms with van der Waals surface area (Å²) < 4.78 is 53.2. The normalized spacial score (nSPS) is 24.6. The van der Waals surface area contributed by atoms with Gasteiger partial charge in [0.05, 0.1) is 12.6 Å². The van der Waals surface area contributed by atoms with Crippen LogP contribution in [-0.2, 0) is 14.4 Å². The maximum Gasteiger partial charge on any atom is 0.342 e. The van der Waals surface area contributed by atoms with Gasteiger partial charge in [-0.25, -0.2) is 4.79 Å². The monoisotopic (exact) mass is 315 g/mol. The van der Waals surface area contributed by atoms with E-state index in [-0.39, 0.29) is 17.7 Å². The number of aliphatic carboxylic acids is 1. The van der Waals surface area contributed by atoms with Gasteiger partial charge in [0.2, 0.25) is 11.8 Å². The first-order valence-electron chi connectivity index (χ1n) is 5.74. The number of amides is 2. The number of primary amides is 1. The van der Waals surface area contributed by atoms with Crippen LogP contribution in [0.25, 0.3) is 0 Å². The average Bonchev–Trinajstić information content (AvgIpc) is 2.51. The van der Waals surface area contributed by atoms with Crippen LogP contribution in [0.15, 0.2) is 0 Å². The average molecular weight is 315 g/mol. The second kappa shape index (κ2) is 5.47. The number of nitrogens with two attached hydrogens (primary N) is 2. The van der Waals surface area contributed by atoms with Crippen molar-refractivity contribution < 1.29 is 37.1 Å². The van der Waals surface area contributed by atoms with Gasteiger partial charge in [-0.15, -0.1) is 0 Å². The van der Waals surface area contributed by atoms with E-state index in [0.717, 1.165) is 0 Å². The van der Waals surface area contributed by atoms with Gasteiger partial charge >= 0.3 is 17.8 Å². The number of hydrogen-bond acceptors (Lipinski definition) is 4. The van der Waals surface area contributed by atoms with Crippen molar-refractivity contribution in [2.45, 2.75) is 36.8 Å². The molecule has 120 valence electrons. The number of alkyl halides is 4. The van der Waals surface area contributed by atoms with Gasteiger partial charge < -0.3 is 21.5 Å².